The van der Waals surface area contributed by atoms with Crippen molar-refractivity contribution in [2.24, 2.45) is 0 Å². The van der Waals surface area contributed by atoms with Gasteiger partial charge in [-0.3, -0.25) is 4.79 Å². The van der Waals surface area contributed by atoms with Crippen molar-refractivity contribution >= 4 is 11.9 Å². The largest absolute Gasteiger partial charge is 0.464 e. The number of amides is 1. The molecule has 0 saturated carbocycles. The summed E-state index contributed by atoms with van der Waals surface area (Å²) < 4.78 is 4.89. The van der Waals surface area contributed by atoms with Crippen LogP contribution in [0.25, 0.3) is 0 Å². The van der Waals surface area contributed by atoms with Crippen molar-refractivity contribution in [3.8, 4) is 0 Å². The highest BCUT2D eigenvalue weighted by Crippen LogP contribution is 2.20. The Bertz CT molecular complexity index is 267. The van der Waals surface area contributed by atoms with Gasteiger partial charge in [0, 0.05) is 6.04 Å². The molecule has 0 aliphatic carbocycles. The molecule has 0 spiro atoms. The number of carbonyl (C=O) groups excluding carboxylic acids is 2. The number of hydrogen-bond acceptors (Lipinski definition) is 4. The van der Waals surface area contributed by atoms with Crippen LogP contribution in [-0.4, -0.2) is 36.6 Å². The van der Waals surface area contributed by atoms with Crippen LogP contribution < -0.4 is 10.6 Å². The minimum Gasteiger partial charge on any atom is -0.464 e. The lowest BCUT2D eigenvalue weighted by atomic mass is 10.1. The monoisotopic (exact) mass is 198 g/mol. The predicted octanol–water partition coefficient (Wildman–Crippen LogP) is -0.831. The Morgan fingerprint density at radius 1 is 1.57 bits per heavy atom. The van der Waals surface area contributed by atoms with Gasteiger partial charge in [-0.1, -0.05) is 0 Å². The summed E-state index contributed by atoms with van der Waals surface area (Å²) in [5, 5.41) is 5.80. The molecule has 0 aromatic heterocycles. The summed E-state index contributed by atoms with van der Waals surface area (Å²) in [6.45, 7) is 2.11. The van der Waals surface area contributed by atoms with E-state index in [1.807, 2.05) is 0 Å². The van der Waals surface area contributed by atoms with Crippen LogP contribution in [-0.2, 0) is 14.3 Å². The zero-order valence-electron chi connectivity index (χ0n) is 8.08. The first-order valence-corrected chi connectivity index (χ1v) is 4.95. The van der Waals surface area contributed by atoms with E-state index < -0.39 is 6.04 Å². The number of nitrogens with one attached hydrogen (secondary N) is 2. The molecule has 14 heavy (non-hydrogen) atoms. The summed E-state index contributed by atoms with van der Waals surface area (Å²) in [5.74, 6) is -0.421. The third-order valence-electron chi connectivity index (χ3n) is 2.74. The van der Waals surface area contributed by atoms with Gasteiger partial charge in [0.25, 0.3) is 0 Å². The predicted molar refractivity (Wildman–Crippen MR) is 48.5 cm³/mol. The minimum absolute atomic E-state index is 0.0525. The van der Waals surface area contributed by atoms with E-state index in [9.17, 15) is 9.59 Å². The van der Waals surface area contributed by atoms with Gasteiger partial charge in [0.05, 0.1) is 12.6 Å². The van der Waals surface area contributed by atoms with Crippen molar-refractivity contribution in [2.45, 2.75) is 37.9 Å². The van der Waals surface area contributed by atoms with Gasteiger partial charge in [-0.15, -0.1) is 0 Å². The Morgan fingerprint density at radius 2 is 2.36 bits per heavy atom. The molecule has 0 aromatic rings. The van der Waals surface area contributed by atoms with Gasteiger partial charge in [-0.2, -0.15) is 0 Å². The second kappa shape index (κ2) is 3.57. The van der Waals surface area contributed by atoms with Crippen molar-refractivity contribution in [1.29, 1.82) is 0 Å². The topological polar surface area (TPSA) is 67.4 Å². The third-order valence-corrected chi connectivity index (χ3v) is 2.74. The molecule has 1 amide bonds. The van der Waals surface area contributed by atoms with Crippen LogP contribution in [0.15, 0.2) is 0 Å². The quantitative estimate of drug-likeness (QED) is 0.568. The fraction of sp³-hybridized carbons (Fsp3) is 0.778. The van der Waals surface area contributed by atoms with Crippen LogP contribution in [0.3, 0.4) is 0 Å². The normalized spacial score (nSPS) is 35.2. The van der Waals surface area contributed by atoms with E-state index in [-0.39, 0.29) is 24.0 Å². The zero-order chi connectivity index (χ0) is 10.1. The van der Waals surface area contributed by atoms with Crippen LogP contribution in [0.5, 0.6) is 0 Å². The fourth-order valence-electron chi connectivity index (χ4n) is 2.05. The maximum absolute atomic E-state index is 11.5. The Hall–Kier alpha value is -1.10. The van der Waals surface area contributed by atoms with Gasteiger partial charge < -0.3 is 15.4 Å². The van der Waals surface area contributed by atoms with Crippen LogP contribution in [0.4, 0.5) is 0 Å². The molecule has 2 aliphatic rings. The van der Waals surface area contributed by atoms with Crippen LogP contribution in [0.1, 0.15) is 19.8 Å². The van der Waals surface area contributed by atoms with Crippen molar-refractivity contribution in [1.82, 2.24) is 10.6 Å². The van der Waals surface area contributed by atoms with E-state index in [0.29, 0.717) is 6.61 Å². The first-order chi connectivity index (χ1) is 6.72. The zero-order valence-corrected chi connectivity index (χ0v) is 8.08. The molecule has 2 bridgehead atoms. The van der Waals surface area contributed by atoms with Crippen molar-refractivity contribution in [3.63, 3.8) is 0 Å². The Balaban J connectivity index is 2.05. The molecule has 2 saturated heterocycles. The molecule has 2 N–H and O–H groups in total. The number of carbonyl (C=O) groups is 2. The molecule has 5 heteroatoms. The average Bonchev–Trinajstić information content (AvgIpc) is 2.57. The Labute approximate surface area is 82.2 Å². The average molecular weight is 198 g/mol. The minimum atomic E-state index is -0.499. The highest BCUT2D eigenvalue weighted by Gasteiger charge is 2.43. The van der Waals surface area contributed by atoms with E-state index in [2.05, 4.69) is 10.6 Å². The summed E-state index contributed by atoms with van der Waals surface area (Å²) >= 11 is 0. The summed E-state index contributed by atoms with van der Waals surface area (Å²) in [5.41, 5.74) is 0. The molecule has 2 fully saturated rings. The first-order valence-electron chi connectivity index (χ1n) is 4.95. The first kappa shape index (κ1) is 9.45. The summed E-state index contributed by atoms with van der Waals surface area (Å²) in [6.07, 6.45) is 1.67. The molecular weight excluding hydrogens is 184 g/mol. The summed E-state index contributed by atoms with van der Waals surface area (Å²) in [7, 11) is 0. The van der Waals surface area contributed by atoms with Gasteiger partial charge in [-0.25, -0.2) is 4.79 Å². The molecule has 2 aliphatic heterocycles. The smallest absolute Gasteiger partial charge is 0.330 e. The lowest BCUT2D eigenvalue weighted by Gasteiger charge is -2.28. The van der Waals surface area contributed by atoms with E-state index in [1.54, 1.807) is 6.92 Å². The highest BCUT2D eigenvalue weighted by atomic mass is 16.5. The summed E-state index contributed by atoms with van der Waals surface area (Å²) in [6, 6.07) is -0.552. The van der Waals surface area contributed by atoms with Gasteiger partial charge >= 0.3 is 5.97 Å². The molecule has 2 heterocycles. The van der Waals surface area contributed by atoms with Crippen LogP contribution in [0, 0.1) is 0 Å². The maximum atomic E-state index is 11.5. The summed E-state index contributed by atoms with van der Waals surface area (Å²) in [4.78, 5) is 22.8. The van der Waals surface area contributed by atoms with E-state index in [4.69, 9.17) is 4.74 Å². The van der Waals surface area contributed by atoms with Gasteiger partial charge in [0.1, 0.15) is 6.04 Å². The van der Waals surface area contributed by atoms with E-state index in [1.165, 1.54) is 0 Å². The van der Waals surface area contributed by atoms with E-state index >= 15 is 0 Å². The number of hydrogen-bond donors (Lipinski definition) is 2. The Kier molecular flexibility index (Phi) is 2.41. The molecular formula is C9H14N2O3. The standard InChI is InChI=1S/C9H14N2O3/c1-2-14-9(13)7-5-3-4-6(10-5)8(12)11-7/h5-7,10H,2-4H2,1H3,(H,11,12)/t5-,6+,7?/m1/s1. The maximum Gasteiger partial charge on any atom is 0.330 e. The highest BCUT2D eigenvalue weighted by molar-refractivity contribution is 5.90. The van der Waals surface area contributed by atoms with Crippen molar-refractivity contribution in [3.05, 3.63) is 0 Å². The molecule has 1 unspecified atom stereocenters. The molecule has 0 radical (unpaired) electrons. The van der Waals surface area contributed by atoms with E-state index in [0.717, 1.165) is 12.8 Å². The third kappa shape index (κ3) is 1.48. The van der Waals surface area contributed by atoms with Gasteiger partial charge in [0.2, 0.25) is 5.91 Å². The SMILES string of the molecule is CCOC(=O)C1NC(=O)[C@@H]2CC[C@H]1N2. The molecule has 3 atom stereocenters. The van der Waals surface area contributed by atoms with Crippen molar-refractivity contribution in [2.75, 3.05) is 6.61 Å². The number of ether oxygens (including phenoxy) is 1. The van der Waals surface area contributed by atoms with Gasteiger partial charge in [-0.05, 0) is 19.8 Å². The number of esters is 1. The number of fused-ring (bicyclic) bond motifs is 2. The van der Waals surface area contributed by atoms with Gasteiger partial charge in [0.15, 0.2) is 0 Å². The number of piperazine rings is 1. The van der Waals surface area contributed by atoms with Crippen molar-refractivity contribution < 1.29 is 14.3 Å². The second-order valence-corrected chi connectivity index (χ2v) is 3.64. The fourth-order valence-corrected chi connectivity index (χ4v) is 2.05. The molecule has 5 nitrogen and oxygen atoms in total. The Morgan fingerprint density at radius 3 is 3.07 bits per heavy atom. The van der Waals surface area contributed by atoms with Crippen LogP contribution >= 0.6 is 0 Å². The van der Waals surface area contributed by atoms with Crippen LogP contribution in [0.2, 0.25) is 0 Å². The molecule has 2 rings (SSSR count). The number of rotatable bonds is 2. The lowest BCUT2D eigenvalue weighted by molar-refractivity contribution is -0.149. The lowest BCUT2D eigenvalue weighted by Crippen LogP contribution is -2.62. The molecule has 78 valence electrons. The second-order valence-electron chi connectivity index (χ2n) is 3.64. The molecule has 0 aromatic carbocycles.